The number of thiol groups is 1. The van der Waals surface area contributed by atoms with E-state index >= 15 is 0 Å². The summed E-state index contributed by atoms with van der Waals surface area (Å²) in [6.45, 7) is 0. The first-order chi connectivity index (χ1) is 12.0. The number of carboxylic acid groups (broad SMARTS) is 1. The number of aliphatic carboxylic acids is 1. The number of aliphatic hydroxyl groups is 1. The molecule has 25 heavy (non-hydrogen) atoms. The number of hydrogen-bond acceptors (Lipinski definition) is 8. The van der Waals surface area contributed by atoms with Gasteiger partial charge in [0.2, 0.25) is 5.76 Å². The van der Waals surface area contributed by atoms with Gasteiger partial charge in [-0.25, -0.2) is 9.59 Å². The summed E-state index contributed by atoms with van der Waals surface area (Å²) in [5, 5.41) is 19.0. The molecule has 0 fully saturated rings. The number of ether oxygens (including phenoxy) is 1. The van der Waals surface area contributed by atoms with Crippen LogP contribution >= 0.6 is 24.4 Å². The van der Waals surface area contributed by atoms with Crippen molar-refractivity contribution < 1.29 is 24.5 Å². The molecule has 1 aliphatic rings. The zero-order valence-corrected chi connectivity index (χ0v) is 14.3. The van der Waals surface area contributed by atoms with Crippen molar-refractivity contribution in [1.29, 1.82) is 0 Å². The second kappa shape index (κ2) is 6.77. The van der Waals surface area contributed by atoms with Gasteiger partial charge >= 0.3 is 11.9 Å². The summed E-state index contributed by atoms with van der Waals surface area (Å²) in [4.78, 5) is 32.3. The fourth-order valence-corrected chi connectivity index (χ4v) is 4.00. The number of hydrogen-bond donors (Lipinski definition) is 3. The highest BCUT2D eigenvalue weighted by Gasteiger charge is 2.59. The normalized spacial score (nSPS) is 21.1. The molecule has 2 atom stereocenters. The number of cyclic esters (lactones) is 1. The topological polar surface area (TPSA) is 110 Å². The van der Waals surface area contributed by atoms with Gasteiger partial charge in [-0.3, -0.25) is 9.97 Å². The van der Waals surface area contributed by atoms with E-state index in [9.17, 15) is 19.8 Å². The average molecular weight is 376 g/mol. The van der Waals surface area contributed by atoms with E-state index < -0.39 is 28.5 Å². The molecule has 3 rings (SSSR count). The summed E-state index contributed by atoms with van der Waals surface area (Å²) in [6.07, 6.45) is 5.98. The first-order valence-electron chi connectivity index (χ1n) is 7.03. The van der Waals surface area contributed by atoms with E-state index in [1.807, 2.05) is 0 Å². The van der Waals surface area contributed by atoms with E-state index in [2.05, 4.69) is 22.6 Å². The lowest BCUT2D eigenvalue weighted by Gasteiger charge is -2.31. The van der Waals surface area contributed by atoms with E-state index in [0.29, 0.717) is 10.5 Å². The fourth-order valence-electron chi connectivity index (χ4n) is 2.38. The maximum atomic E-state index is 12.1. The zero-order chi connectivity index (χ0) is 18.0. The van der Waals surface area contributed by atoms with Crippen LogP contribution < -0.4 is 0 Å². The van der Waals surface area contributed by atoms with Crippen molar-refractivity contribution in [2.75, 3.05) is 0 Å². The molecule has 2 aromatic heterocycles. The standard InChI is InChI=1S/C16H12N2O5S2/c19-11-13(25-10-3-7-18-8-4-10)16(15(21)22,23-14(11)20)12(24)9-1-5-17-6-2-9/h1-8,12,19,24H,(H,21,22). The van der Waals surface area contributed by atoms with Crippen LogP contribution in [0, 0.1) is 0 Å². The van der Waals surface area contributed by atoms with Crippen LogP contribution in [0.4, 0.5) is 0 Å². The highest BCUT2D eigenvalue weighted by Crippen LogP contribution is 2.51. The number of aliphatic hydroxyl groups excluding tert-OH is 1. The van der Waals surface area contributed by atoms with Crippen molar-refractivity contribution in [3.05, 3.63) is 65.3 Å². The third kappa shape index (κ3) is 2.96. The molecule has 128 valence electrons. The Kier molecular flexibility index (Phi) is 4.69. The SMILES string of the molecule is O=C1OC(C(=O)O)(C(S)c2ccncc2)C(Sc2ccncc2)=C1O. The Hall–Kier alpha value is -2.52. The van der Waals surface area contributed by atoms with Gasteiger partial charge in [0.1, 0.15) is 0 Å². The van der Waals surface area contributed by atoms with Gasteiger partial charge in [-0.2, -0.15) is 12.6 Å². The Morgan fingerprint density at radius 3 is 2.28 bits per heavy atom. The summed E-state index contributed by atoms with van der Waals surface area (Å²) in [7, 11) is 0. The third-order valence-corrected chi connectivity index (χ3v) is 5.46. The molecule has 2 unspecified atom stereocenters. The minimum absolute atomic E-state index is 0.131. The molecule has 1 aliphatic heterocycles. The van der Waals surface area contributed by atoms with Gasteiger partial charge in [-0.1, -0.05) is 11.8 Å². The van der Waals surface area contributed by atoms with Crippen molar-refractivity contribution in [3.63, 3.8) is 0 Å². The van der Waals surface area contributed by atoms with E-state index in [-0.39, 0.29) is 4.91 Å². The predicted octanol–water partition coefficient (Wildman–Crippen LogP) is 2.39. The Morgan fingerprint density at radius 2 is 1.72 bits per heavy atom. The van der Waals surface area contributed by atoms with Gasteiger partial charge in [0.05, 0.1) is 10.2 Å². The molecule has 7 nitrogen and oxygen atoms in total. The van der Waals surface area contributed by atoms with Gasteiger partial charge in [-0.05, 0) is 29.8 Å². The molecule has 0 saturated heterocycles. The number of rotatable bonds is 5. The quantitative estimate of drug-likeness (QED) is 0.539. The van der Waals surface area contributed by atoms with Crippen LogP contribution in [0.2, 0.25) is 0 Å². The lowest BCUT2D eigenvalue weighted by atomic mass is 9.94. The third-order valence-electron chi connectivity index (χ3n) is 3.59. The van der Waals surface area contributed by atoms with E-state index in [1.165, 1.54) is 24.8 Å². The minimum Gasteiger partial charge on any atom is -0.501 e. The molecular formula is C16H12N2O5S2. The fraction of sp³-hybridized carbons (Fsp3) is 0.125. The number of thioether (sulfide) groups is 1. The summed E-state index contributed by atoms with van der Waals surface area (Å²) < 4.78 is 5.13. The number of carbonyl (C=O) groups is 2. The minimum atomic E-state index is -2.15. The van der Waals surface area contributed by atoms with Crippen molar-refractivity contribution in [2.45, 2.75) is 15.7 Å². The Bertz CT molecular complexity index is 844. The van der Waals surface area contributed by atoms with Gasteiger partial charge in [0.25, 0.3) is 5.60 Å². The average Bonchev–Trinajstić information content (AvgIpc) is 2.88. The first-order valence-corrected chi connectivity index (χ1v) is 8.36. The number of pyridine rings is 2. The number of aromatic nitrogens is 2. The molecule has 0 aromatic carbocycles. The highest BCUT2D eigenvalue weighted by atomic mass is 32.2. The Labute approximate surface area is 152 Å². The molecule has 2 N–H and O–H groups in total. The number of carboxylic acids is 1. The van der Waals surface area contributed by atoms with Crippen LogP contribution in [-0.2, 0) is 14.3 Å². The summed E-state index contributed by atoms with van der Waals surface area (Å²) in [6, 6.07) is 6.39. The molecule has 0 bridgehead atoms. The molecule has 9 heteroatoms. The van der Waals surface area contributed by atoms with E-state index in [4.69, 9.17) is 4.74 Å². The molecule has 0 saturated carbocycles. The molecule has 0 radical (unpaired) electrons. The Balaban J connectivity index is 2.11. The zero-order valence-electron chi connectivity index (χ0n) is 12.6. The van der Waals surface area contributed by atoms with Crippen molar-refractivity contribution >= 4 is 36.3 Å². The van der Waals surface area contributed by atoms with Crippen LogP contribution in [0.25, 0.3) is 0 Å². The molecule has 0 aliphatic carbocycles. The van der Waals surface area contributed by atoms with Crippen LogP contribution in [0.3, 0.4) is 0 Å². The molecule has 2 aromatic rings. The Morgan fingerprint density at radius 1 is 1.16 bits per heavy atom. The monoisotopic (exact) mass is 376 g/mol. The lowest BCUT2D eigenvalue weighted by Crippen LogP contribution is -2.44. The molecule has 0 spiro atoms. The molecule has 3 heterocycles. The lowest BCUT2D eigenvalue weighted by molar-refractivity contribution is -0.168. The first kappa shape index (κ1) is 17.3. The second-order valence-electron chi connectivity index (χ2n) is 5.08. The highest BCUT2D eigenvalue weighted by molar-refractivity contribution is 8.03. The van der Waals surface area contributed by atoms with Crippen LogP contribution in [0.1, 0.15) is 10.8 Å². The van der Waals surface area contributed by atoms with E-state index in [0.717, 1.165) is 11.8 Å². The summed E-state index contributed by atoms with van der Waals surface area (Å²) in [5.74, 6) is -3.28. The smallest absolute Gasteiger partial charge is 0.375 e. The van der Waals surface area contributed by atoms with Gasteiger partial charge in [-0.15, -0.1) is 0 Å². The van der Waals surface area contributed by atoms with Crippen molar-refractivity contribution in [2.24, 2.45) is 0 Å². The second-order valence-corrected chi connectivity index (χ2v) is 6.68. The van der Waals surface area contributed by atoms with Gasteiger partial charge in [0, 0.05) is 29.7 Å². The number of carbonyl (C=O) groups excluding carboxylic acids is 1. The van der Waals surface area contributed by atoms with Crippen LogP contribution in [0.5, 0.6) is 0 Å². The predicted molar refractivity (Wildman–Crippen MR) is 92.2 cm³/mol. The summed E-state index contributed by atoms with van der Waals surface area (Å²) in [5.41, 5.74) is -1.67. The maximum Gasteiger partial charge on any atom is 0.375 e. The van der Waals surface area contributed by atoms with Crippen molar-refractivity contribution in [1.82, 2.24) is 9.97 Å². The van der Waals surface area contributed by atoms with Gasteiger partial charge in [0.15, 0.2) is 0 Å². The molecular weight excluding hydrogens is 364 g/mol. The van der Waals surface area contributed by atoms with Crippen LogP contribution in [0.15, 0.2) is 64.6 Å². The van der Waals surface area contributed by atoms with Crippen LogP contribution in [-0.4, -0.2) is 37.7 Å². The largest absolute Gasteiger partial charge is 0.501 e. The van der Waals surface area contributed by atoms with Crippen molar-refractivity contribution in [3.8, 4) is 0 Å². The van der Waals surface area contributed by atoms with Gasteiger partial charge < -0.3 is 14.9 Å². The number of esters is 1. The maximum absolute atomic E-state index is 12.1. The molecule has 0 amide bonds. The summed E-state index contributed by atoms with van der Waals surface area (Å²) >= 11 is 5.31. The van der Waals surface area contributed by atoms with E-state index in [1.54, 1.807) is 24.3 Å². The number of nitrogens with zero attached hydrogens (tertiary/aromatic N) is 2.